The van der Waals surface area contributed by atoms with Crippen molar-refractivity contribution in [3.63, 3.8) is 0 Å². The number of hydrogen-bond acceptors (Lipinski definition) is 4. The van der Waals surface area contributed by atoms with Crippen LogP contribution in [0.3, 0.4) is 0 Å². The quantitative estimate of drug-likeness (QED) is 0.712. The molecule has 3 N–H and O–H groups in total. The van der Waals surface area contributed by atoms with Crippen molar-refractivity contribution in [2.45, 2.75) is 62.6 Å². The van der Waals surface area contributed by atoms with Crippen LogP contribution in [0, 0.1) is 5.92 Å². The van der Waals surface area contributed by atoms with Crippen LogP contribution in [0.4, 0.5) is 0 Å². The summed E-state index contributed by atoms with van der Waals surface area (Å²) in [6.45, 7) is 0.447. The van der Waals surface area contributed by atoms with E-state index in [9.17, 15) is 14.7 Å². The van der Waals surface area contributed by atoms with Crippen molar-refractivity contribution >= 4 is 11.9 Å². The lowest BCUT2D eigenvalue weighted by molar-refractivity contribution is -0.148. The molecule has 1 aliphatic carbocycles. The Morgan fingerprint density at radius 3 is 2.71 bits per heavy atom. The van der Waals surface area contributed by atoms with E-state index in [1.807, 2.05) is 0 Å². The van der Waals surface area contributed by atoms with Gasteiger partial charge >= 0.3 is 5.97 Å². The molecule has 6 nitrogen and oxygen atoms in total. The summed E-state index contributed by atoms with van der Waals surface area (Å²) in [4.78, 5) is 23.9. The predicted molar refractivity (Wildman–Crippen MR) is 75.8 cm³/mol. The maximum atomic E-state index is 12.4. The molecule has 0 aromatic carbocycles. The minimum absolute atomic E-state index is 0.0623. The number of carbonyl (C=O) groups excluding carboxylic acids is 1. The molecule has 2 aliphatic heterocycles. The molecule has 6 heteroatoms. The molecule has 3 rings (SSSR count). The molecule has 21 heavy (non-hydrogen) atoms. The van der Waals surface area contributed by atoms with Crippen LogP contribution in [-0.4, -0.2) is 47.8 Å². The fourth-order valence-corrected chi connectivity index (χ4v) is 3.91. The van der Waals surface area contributed by atoms with E-state index in [1.54, 1.807) is 0 Å². The van der Waals surface area contributed by atoms with E-state index in [-0.39, 0.29) is 18.6 Å². The zero-order chi connectivity index (χ0) is 14.9. The highest BCUT2D eigenvalue weighted by Gasteiger charge is 2.45. The molecule has 4 unspecified atom stereocenters. The van der Waals surface area contributed by atoms with Crippen LogP contribution < -0.4 is 10.6 Å². The first-order valence-corrected chi connectivity index (χ1v) is 8.00. The van der Waals surface area contributed by atoms with E-state index >= 15 is 0 Å². The molecule has 1 amide bonds. The second-order valence-electron chi connectivity index (χ2n) is 6.63. The maximum absolute atomic E-state index is 12.4. The van der Waals surface area contributed by atoms with Gasteiger partial charge in [-0.05, 0) is 31.6 Å². The first-order chi connectivity index (χ1) is 10.1. The van der Waals surface area contributed by atoms with E-state index in [0.717, 1.165) is 19.3 Å². The second-order valence-corrected chi connectivity index (χ2v) is 6.63. The summed E-state index contributed by atoms with van der Waals surface area (Å²) in [7, 11) is 0. The smallest absolute Gasteiger partial charge is 0.331 e. The number of carboxylic acids is 1. The summed E-state index contributed by atoms with van der Waals surface area (Å²) < 4.78 is 5.18. The average Bonchev–Trinajstić information content (AvgIpc) is 2.96. The van der Waals surface area contributed by atoms with E-state index in [1.165, 1.54) is 19.3 Å². The third kappa shape index (κ3) is 2.92. The number of carbonyl (C=O) groups is 2. The first-order valence-electron chi connectivity index (χ1n) is 8.00. The summed E-state index contributed by atoms with van der Waals surface area (Å²) in [6, 6.07) is 0.157. The normalized spacial score (nSPS) is 39.5. The number of aliphatic carboxylic acids is 1. The van der Waals surface area contributed by atoms with Gasteiger partial charge in [-0.1, -0.05) is 12.8 Å². The molecular formula is C15H24N2O4. The highest BCUT2D eigenvalue weighted by atomic mass is 16.5. The fourth-order valence-electron chi connectivity index (χ4n) is 3.91. The third-order valence-corrected chi connectivity index (χ3v) is 5.26. The molecule has 0 bridgehead atoms. The molecule has 0 aromatic rings. The number of nitrogens with one attached hydrogen (secondary N) is 2. The molecule has 0 radical (unpaired) electrons. The van der Waals surface area contributed by atoms with Crippen LogP contribution in [0.5, 0.6) is 0 Å². The van der Waals surface area contributed by atoms with Gasteiger partial charge in [0.05, 0.1) is 12.6 Å². The molecule has 3 fully saturated rings. The van der Waals surface area contributed by atoms with Crippen molar-refractivity contribution in [3.8, 4) is 0 Å². The van der Waals surface area contributed by atoms with Gasteiger partial charge in [0.25, 0.3) is 0 Å². The zero-order valence-corrected chi connectivity index (χ0v) is 12.3. The van der Waals surface area contributed by atoms with Crippen molar-refractivity contribution in [2.24, 2.45) is 5.92 Å². The Labute approximate surface area is 124 Å². The zero-order valence-electron chi connectivity index (χ0n) is 12.3. The SMILES string of the molecule is O=C(NC1(C(=O)O)CCOC1)C1CCC2CCCCC2N1. The molecule has 2 saturated heterocycles. The number of fused-ring (bicyclic) bond motifs is 1. The Morgan fingerprint density at radius 2 is 2.00 bits per heavy atom. The number of carboxylic acid groups (broad SMARTS) is 1. The Bertz CT molecular complexity index is 420. The Kier molecular flexibility index (Phi) is 4.17. The van der Waals surface area contributed by atoms with Gasteiger partial charge < -0.3 is 20.5 Å². The van der Waals surface area contributed by atoms with Gasteiger partial charge in [-0.25, -0.2) is 4.79 Å². The van der Waals surface area contributed by atoms with Gasteiger partial charge in [0.2, 0.25) is 5.91 Å². The third-order valence-electron chi connectivity index (χ3n) is 5.26. The van der Waals surface area contributed by atoms with E-state index < -0.39 is 11.5 Å². The van der Waals surface area contributed by atoms with E-state index in [4.69, 9.17) is 4.74 Å². The topological polar surface area (TPSA) is 87.7 Å². The van der Waals surface area contributed by atoms with Crippen LogP contribution in [-0.2, 0) is 14.3 Å². The molecule has 0 aromatic heterocycles. The minimum atomic E-state index is -1.23. The minimum Gasteiger partial charge on any atom is -0.479 e. The van der Waals surface area contributed by atoms with Gasteiger partial charge in [0, 0.05) is 19.1 Å². The summed E-state index contributed by atoms with van der Waals surface area (Å²) in [5, 5.41) is 15.6. The highest BCUT2D eigenvalue weighted by molar-refractivity contribution is 5.90. The maximum Gasteiger partial charge on any atom is 0.331 e. The highest BCUT2D eigenvalue weighted by Crippen LogP contribution is 2.32. The van der Waals surface area contributed by atoms with Crippen LogP contribution in [0.25, 0.3) is 0 Å². The van der Waals surface area contributed by atoms with E-state index in [2.05, 4.69) is 10.6 Å². The number of ether oxygens (including phenoxy) is 1. The molecule has 0 spiro atoms. The first kappa shape index (κ1) is 14.8. The number of amides is 1. The molecular weight excluding hydrogens is 272 g/mol. The van der Waals surface area contributed by atoms with Gasteiger partial charge in [-0.3, -0.25) is 4.79 Å². The summed E-state index contributed by atoms with van der Waals surface area (Å²) in [5.41, 5.74) is -1.23. The predicted octanol–water partition coefficient (Wildman–Crippen LogP) is 0.657. The average molecular weight is 296 g/mol. The Hall–Kier alpha value is -1.14. The number of piperidine rings is 1. The van der Waals surface area contributed by atoms with Crippen molar-refractivity contribution in [1.82, 2.24) is 10.6 Å². The lowest BCUT2D eigenvalue weighted by Gasteiger charge is -2.40. The largest absolute Gasteiger partial charge is 0.479 e. The lowest BCUT2D eigenvalue weighted by atomic mass is 9.77. The monoisotopic (exact) mass is 296 g/mol. The van der Waals surface area contributed by atoms with Gasteiger partial charge in [-0.15, -0.1) is 0 Å². The molecule has 118 valence electrons. The number of hydrogen-bond donors (Lipinski definition) is 3. The number of rotatable bonds is 3. The van der Waals surface area contributed by atoms with Crippen molar-refractivity contribution in [2.75, 3.05) is 13.2 Å². The Morgan fingerprint density at radius 1 is 1.19 bits per heavy atom. The lowest BCUT2D eigenvalue weighted by Crippen LogP contribution is -2.62. The molecule has 3 aliphatic rings. The summed E-state index contributed by atoms with van der Waals surface area (Å²) in [5.74, 6) is -0.502. The molecule has 1 saturated carbocycles. The van der Waals surface area contributed by atoms with Gasteiger partial charge in [0.1, 0.15) is 0 Å². The van der Waals surface area contributed by atoms with Gasteiger partial charge in [0.15, 0.2) is 5.54 Å². The standard InChI is InChI=1S/C15H24N2O4/c18-13(17-15(14(19)20)7-8-21-9-15)12-6-5-10-3-1-2-4-11(10)16-12/h10-12,16H,1-9H2,(H,17,18)(H,19,20). The van der Waals surface area contributed by atoms with E-state index in [0.29, 0.717) is 25.0 Å². The Balaban J connectivity index is 1.61. The fraction of sp³-hybridized carbons (Fsp3) is 0.867. The summed E-state index contributed by atoms with van der Waals surface area (Å²) in [6.07, 6.45) is 7.08. The summed E-state index contributed by atoms with van der Waals surface area (Å²) >= 11 is 0. The van der Waals surface area contributed by atoms with Crippen molar-refractivity contribution in [3.05, 3.63) is 0 Å². The second kappa shape index (κ2) is 5.93. The van der Waals surface area contributed by atoms with Crippen molar-refractivity contribution in [1.29, 1.82) is 0 Å². The molecule has 2 heterocycles. The van der Waals surface area contributed by atoms with Crippen LogP contribution in [0.2, 0.25) is 0 Å². The molecule has 4 atom stereocenters. The van der Waals surface area contributed by atoms with Crippen LogP contribution in [0.1, 0.15) is 44.9 Å². The van der Waals surface area contributed by atoms with Crippen LogP contribution in [0.15, 0.2) is 0 Å². The van der Waals surface area contributed by atoms with Gasteiger partial charge in [-0.2, -0.15) is 0 Å². The van der Waals surface area contributed by atoms with Crippen molar-refractivity contribution < 1.29 is 19.4 Å². The van der Waals surface area contributed by atoms with Crippen LogP contribution >= 0.6 is 0 Å².